The molecular formula is C18H20N2O7S. The Kier molecular flexibility index (Phi) is 4.57. The number of aliphatic carboxylic acids is 1. The molecule has 0 aromatic heterocycles. The minimum absolute atomic E-state index is 0.0633. The Labute approximate surface area is 165 Å². The van der Waals surface area contributed by atoms with Crippen LogP contribution in [0.15, 0.2) is 18.2 Å². The molecule has 1 aromatic rings. The first-order chi connectivity index (χ1) is 13.0. The molecule has 3 rings (SSSR count). The average molecular weight is 408 g/mol. The molecule has 1 aromatic carbocycles. The van der Waals surface area contributed by atoms with Crippen molar-refractivity contribution in [1.82, 2.24) is 10.2 Å². The lowest BCUT2D eigenvalue weighted by Crippen LogP contribution is -2.82. The fourth-order valence-corrected chi connectivity index (χ4v) is 5.41. The highest BCUT2D eigenvalue weighted by atomic mass is 32.2. The number of benzene rings is 1. The summed E-state index contributed by atoms with van der Waals surface area (Å²) < 4.78 is 4.13. The number of nitrogens with one attached hydrogen (secondary N) is 1. The third-order valence-electron chi connectivity index (χ3n) is 5.09. The number of amides is 2. The van der Waals surface area contributed by atoms with Gasteiger partial charge in [0.1, 0.15) is 11.4 Å². The number of carbonyl (C=O) groups is 4. The molecule has 150 valence electrons. The third-order valence-corrected chi connectivity index (χ3v) is 6.72. The molecule has 9 nitrogen and oxygen atoms in total. The SMILES string of the molecule is COc1cc(C(=O)NC2(C(C)=O)C(=O)N3[C@@H](C(=O)O)C(C)(C)S[C@@H]32)ccc1O. The van der Waals surface area contributed by atoms with Gasteiger partial charge < -0.3 is 25.2 Å². The van der Waals surface area contributed by atoms with Crippen molar-refractivity contribution in [1.29, 1.82) is 0 Å². The maximum atomic E-state index is 12.9. The number of carbonyl (C=O) groups excluding carboxylic acids is 3. The lowest BCUT2D eigenvalue weighted by atomic mass is 9.81. The van der Waals surface area contributed by atoms with Crippen molar-refractivity contribution in [3.05, 3.63) is 23.8 Å². The van der Waals surface area contributed by atoms with Crippen LogP contribution in [0.2, 0.25) is 0 Å². The summed E-state index contributed by atoms with van der Waals surface area (Å²) in [7, 11) is 1.32. The zero-order valence-corrected chi connectivity index (χ0v) is 16.5. The van der Waals surface area contributed by atoms with E-state index in [1.165, 1.54) is 32.2 Å². The number of phenols is 1. The topological polar surface area (TPSA) is 133 Å². The van der Waals surface area contributed by atoms with Crippen molar-refractivity contribution in [2.24, 2.45) is 0 Å². The third kappa shape index (κ3) is 2.62. The van der Waals surface area contributed by atoms with Crippen LogP contribution < -0.4 is 10.1 Å². The van der Waals surface area contributed by atoms with E-state index in [4.69, 9.17) is 4.74 Å². The van der Waals surface area contributed by atoms with Gasteiger partial charge >= 0.3 is 5.97 Å². The average Bonchev–Trinajstić information content (AvgIpc) is 2.88. The summed E-state index contributed by atoms with van der Waals surface area (Å²) in [6, 6.07) is 2.77. The first-order valence-corrected chi connectivity index (χ1v) is 9.29. The van der Waals surface area contributed by atoms with Crippen molar-refractivity contribution in [2.75, 3.05) is 7.11 Å². The first-order valence-electron chi connectivity index (χ1n) is 8.41. The lowest BCUT2D eigenvalue weighted by Gasteiger charge is -2.51. The summed E-state index contributed by atoms with van der Waals surface area (Å²) in [6.45, 7) is 4.55. The van der Waals surface area contributed by atoms with E-state index in [0.29, 0.717) is 0 Å². The van der Waals surface area contributed by atoms with Gasteiger partial charge in [0.2, 0.25) is 5.54 Å². The lowest BCUT2D eigenvalue weighted by molar-refractivity contribution is -0.170. The number of methoxy groups -OCH3 is 1. The Morgan fingerprint density at radius 2 is 1.93 bits per heavy atom. The van der Waals surface area contributed by atoms with Crippen molar-refractivity contribution in [3.8, 4) is 11.5 Å². The van der Waals surface area contributed by atoms with E-state index in [1.807, 2.05) is 0 Å². The zero-order valence-electron chi connectivity index (χ0n) is 15.7. The molecular weight excluding hydrogens is 388 g/mol. The molecule has 10 heteroatoms. The number of phenolic OH excluding ortho intramolecular Hbond substituents is 1. The molecule has 0 bridgehead atoms. The number of fused-ring (bicyclic) bond motifs is 1. The van der Waals surface area contributed by atoms with Crippen molar-refractivity contribution in [2.45, 2.75) is 42.5 Å². The van der Waals surface area contributed by atoms with Crippen LogP contribution in [0.1, 0.15) is 31.1 Å². The second-order valence-electron chi connectivity index (χ2n) is 7.23. The quantitative estimate of drug-likeness (QED) is 0.477. The Morgan fingerprint density at radius 3 is 2.46 bits per heavy atom. The molecule has 3 atom stereocenters. The summed E-state index contributed by atoms with van der Waals surface area (Å²) in [5.74, 6) is -3.29. The van der Waals surface area contributed by atoms with E-state index in [-0.39, 0.29) is 17.1 Å². The normalized spacial score (nSPS) is 27.6. The second-order valence-corrected chi connectivity index (χ2v) is 8.97. The maximum Gasteiger partial charge on any atom is 0.327 e. The van der Waals surface area contributed by atoms with Gasteiger partial charge in [0.25, 0.3) is 11.8 Å². The smallest absolute Gasteiger partial charge is 0.327 e. The minimum Gasteiger partial charge on any atom is -0.504 e. The summed E-state index contributed by atoms with van der Waals surface area (Å²) in [4.78, 5) is 50.9. The van der Waals surface area contributed by atoms with E-state index in [2.05, 4.69) is 5.32 Å². The first kappa shape index (κ1) is 20.0. The maximum absolute atomic E-state index is 12.9. The highest BCUT2D eigenvalue weighted by Crippen LogP contribution is 2.55. The molecule has 2 saturated heterocycles. The molecule has 0 spiro atoms. The molecule has 0 radical (unpaired) electrons. The highest BCUT2D eigenvalue weighted by molar-refractivity contribution is 8.01. The molecule has 2 aliphatic rings. The number of ketones is 1. The molecule has 28 heavy (non-hydrogen) atoms. The van der Waals surface area contributed by atoms with Gasteiger partial charge in [-0.15, -0.1) is 11.8 Å². The summed E-state index contributed by atoms with van der Waals surface area (Å²) in [5.41, 5.74) is -1.76. The van der Waals surface area contributed by atoms with Crippen molar-refractivity contribution >= 4 is 35.3 Å². The van der Waals surface area contributed by atoms with Gasteiger partial charge in [-0.2, -0.15) is 0 Å². The molecule has 1 unspecified atom stereocenters. The van der Waals surface area contributed by atoms with Crippen molar-refractivity contribution in [3.63, 3.8) is 0 Å². The summed E-state index contributed by atoms with van der Waals surface area (Å²) >= 11 is 1.16. The van der Waals surface area contributed by atoms with Gasteiger partial charge in [-0.3, -0.25) is 14.4 Å². The van der Waals surface area contributed by atoms with Crippen molar-refractivity contribution < 1.29 is 34.1 Å². The van der Waals surface area contributed by atoms with Crippen LogP contribution in [0.25, 0.3) is 0 Å². The van der Waals surface area contributed by atoms with Crippen LogP contribution in [-0.4, -0.2) is 67.5 Å². The summed E-state index contributed by atoms with van der Waals surface area (Å²) in [6.07, 6.45) is 0. The Hall–Kier alpha value is -2.75. The number of carboxylic acids is 1. The molecule has 2 fully saturated rings. The van der Waals surface area contributed by atoms with E-state index in [0.717, 1.165) is 16.7 Å². The molecule has 3 N–H and O–H groups in total. The molecule has 2 aliphatic heterocycles. The van der Waals surface area contributed by atoms with Crippen LogP contribution in [0.5, 0.6) is 11.5 Å². The van der Waals surface area contributed by atoms with E-state index < -0.39 is 45.3 Å². The Balaban J connectivity index is 1.95. The predicted molar refractivity (Wildman–Crippen MR) is 99.3 cm³/mol. The van der Waals surface area contributed by atoms with E-state index in [9.17, 15) is 29.4 Å². The predicted octanol–water partition coefficient (Wildman–Crippen LogP) is 0.605. The van der Waals surface area contributed by atoms with E-state index in [1.54, 1.807) is 13.8 Å². The van der Waals surface area contributed by atoms with Crippen LogP contribution in [0, 0.1) is 0 Å². The number of aromatic hydroxyl groups is 1. The number of hydrogen-bond acceptors (Lipinski definition) is 7. The van der Waals surface area contributed by atoms with Crippen LogP contribution >= 0.6 is 11.8 Å². The minimum atomic E-state index is -1.84. The molecule has 2 amide bonds. The second kappa shape index (κ2) is 6.40. The Morgan fingerprint density at radius 1 is 1.29 bits per heavy atom. The number of rotatable bonds is 5. The highest BCUT2D eigenvalue weighted by Gasteiger charge is 2.74. The van der Waals surface area contributed by atoms with Crippen LogP contribution in [-0.2, 0) is 14.4 Å². The Bertz CT molecular complexity index is 900. The number of thioether (sulfide) groups is 1. The zero-order chi connectivity index (χ0) is 21.0. The number of Topliss-reactive ketones (excluding diaryl/α,β-unsaturated/α-hetero) is 1. The number of ether oxygens (including phenoxy) is 1. The number of β-lactam (4-membered cyclic amide) rings is 1. The number of nitrogens with zero attached hydrogens (tertiary/aromatic N) is 1. The van der Waals surface area contributed by atoms with Crippen LogP contribution in [0.3, 0.4) is 0 Å². The van der Waals surface area contributed by atoms with Gasteiger partial charge in [-0.1, -0.05) is 0 Å². The fraction of sp³-hybridized carbons (Fsp3) is 0.444. The monoisotopic (exact) mass is 408 g/mol. The standard InChI is InChI=1S/C18H20N2O7S/c1-8(21)18(19-13(23)9-5-6-10(22)11(7-9)27-4)15(26)20-12(14(24)25)17(2,3)28-16(18)20/h5-7,12,16,22H,1-4H3,(H,19,23)(H,24,25)/t12-,16+,18?/m0/s1. The number of hydrogen-bond donors (Lipinski definition) is 3. The molecule has 0 aliphatic carbocycles. The van der Waals surface area contributed by atoms with Gasteiger partial charge in [0, 0.05) is 10.3 Å². The van der Waals surface area contributed by atoms with Crippen LogP contribution in [0.4, 0.5) is 0 Å². The summed E-state index contributed by atoms with van der Waals surface area (Å²) in [5, 5.41) is 20.9. The van der Waals surface area contributed by atoms with Gasteiger partial charge in [0.15, 0.2) is 17.3 Å². The van der Waals surface area contributed by atoms with Gasteiger partial charge in [-0.25, -0.2) is 4.79 Å². The fourth-order valence-electron chi connectivity index (χ4n) is 3.66. The van der Waals surface area contributed by atoms with E-state index >= 15 is 0 Å². The van der Waals surface area contributed by atoms with Gasteiger partial charge in [0.05, 0.1) is 7.11 Å². The largest absolute Gasteiger partial charge is 0.504 e. The van der Waals surface area contributed by atoms with Gasteiger partial charge in [-0.05, 0) is 39.0 Å². The number of carboxylic acid groups (broad SMARTS) is 1. The molecule has 2 heterocycles. The molecule has 0 saturated carbocycles.